The van der Waals surface area contributed by atoms with Crippen LogP contribution in [-0.2, 0) is 9.59 Å². The van der Waals surface area contributed by atoms with E-state index in [1.165, 1.54) is 11.0 Å². The van der Waals surface area contributed by atoms with E-state index >= 15 is 0 Å². The molecule has 0 heterocycles. The molecule has 4 nitrogen and oxygen atoms in total. The number of carboxylic acid groups (broad SMARTS) is 1. The van der Waals surface area contributed by atoms with Crippen LogP contribution in [0.15, 0.2) is 24.3 Å². The zero-order valence-corrected chi connectivity index (χ0v) is 10.2. The van der Waals surface area contributed by atoms with E-state index in [2.05, 4.69) is 0 Å². The van der Waals surface area contributed by atoms with E-state index in [1.54, 1.807) is 39.0 Å². The Bertz CT molecular complexity index is 311. The highest BCUT2D eigenvalue weighted by atomic mass is 16.4. The number of nitrogens with zero attached hydrogens (tertiary/aromatic N) is 1. The van der Waals surface area contributed by atoms with Gasteiger partial charge in [-0.1, -0.05) is 18.2 Å². The van der Waals surface area contributed by atoms with Crippen molar-refractivity contribution in [2.75, 3.05) is 6.54 Å². The molecule has 90 valence electrons. The molecule has 0 spiro atoms. The monoisotopic (exact) mass is 225 g/mol. The number of carbonyl (C=O) groups excluding carboxylic acids is 1. The fraction of sp³-hybridized carbons (Fsp3) is 0.500. The predicted octanol–water partition coefficient (Wildman–Crippen LogP) is 1.83. The lowest BCUT2D eigenvalue weighted by molar-refractivity contribution is -0.145. The molecule has 0 saturated carbocycles. The van der Waals surface area contributed by atoms with Crippen molar-refractivity contribution >= 4 is 11.9 Å². The topological polar surface area (TPSA) is 57.6 Å². The molecule has 0 saturated heterocycles. The maximum atomic E-state index is 11.7. The SMILES string of the molecule is CC=CC=CC(=O)N(CC(=O)O)C(C)(C)C. The average molecular weight is 225 g/mol. The van der Waals surface area contributed by atoms with Crippen LogP contribution in [0.1, 0.15) is 27.7 Å². The van der Waals surface area contributed by atoms with Crippen molar-refractivity contribution in [3.8, 4) is 0 Å². The van der Waals surface area contributed by atoms with Crippen LogP contribution in [0.5, 0.6) is 0 Å². The van der Waals surface area contributed by atoms with Gasteiger partial charge >= 0.3 is 5.97 Å². The molecule has 0 aliphatic carbocycles. The third kappa shape index (κ3) is 5.34. The van der Waals surface area contributed by atoms with Crippen LogP contribution >= 0.6 is 0 Å². The van der Waals surface area contributed by atoms with Crippen LogP contribution in [0, 0.1) is 0 Å². The van der Waals surface area contributed by atoms with Crippen molar-refractivity contribution in [3.05, 3.63) is 24.3 Å². The first kappa shape index (κ1) is 14.4. The van der Waals surface area contributed by atoms with Crippen LogP contribution in [-0.4, -0.2) is 34.0 Å². The molecule has 0 aliphatic rings. The highest BCUT2D eigenvalue weighted by molar-refractivity contribution is 5.90. The molecule has 1 amide bonds. The highest BCUT2D eigenvalue weighted by Gasteiger charge is 2.26. The Labute approximate surface area is 96.3 Å². The molecule has 0 aromatic heterocycles. The van der Waals surface area contributed by atoms with Gasteiger partial charge in [-0.15, -0.1) is 0 Å². The minimum absolute atomic E-state index is 0.289. The molecule has 0 fully saturated rings. The molecular weight excluding hydrogens is 206 g/mol. The van der Waals surface area contributed by atoms with Crippen LogP contribution in [0.4, 0.5) is 0 Å². The molecule has 0 rings (SSSR count). The minimum Gasteiger partial charge on any atom is -0.480 e. The van der Waals surface area contributed by atoms with Gasteiger partial charge in [-0.2, -0.15) is 0 Å². The van der Waals surface area contributed by atoms with E-state index in [0.717, 1.165) is 0 Å². The van der Waals surface area contributed by atoms with E-state index in [9.17, 15) is 9.59 Å². The number of hydrogen-bond donors (Lipinski definition) is 1. The minimum atomic E-state index is -1.01. The predicted molar refractivity (Wildman–Crippen MR) is 63.1 cm³/mol. The summed E-state index contributed by atoms with van der Waals surface area (Å²) in [6.45, 7) is 6.96. The van der Waals surface area contributed by atoms with Gasteiger partial charge in [0.1, 0.15) is 6.54 Å². The van der Waals surface area contributed by atoms with Gasteiger partial charge in [0.15, 0.2) is 0 Å². The number of rotatable bonds is 4. The van der Waals surface area contributed by atoms with Crippen molar-refractivity contribution in [1.82, 2.24) is 4.90 Å². The number of aliphatic carboxylic acids is 1. The lowest BCUT2D eigenvalue weighted by Gasteiger charge is -2.33. The first-order chi connectivity index (χ1) is 7.29. The molecule has 0 aromatic rings. The van der Waals surface area contributed by atoms with Crippen LogP contribution < -0.4 is 0 Å². The second-order valence-corrected chi connectivity index (χ2v) is 4.37. The summed E-state index contributed by atoms with van der Waals surface area (Å²) in [5.41, 5.74) is -0.504. The van der Waals surface area contributed by atoms with Gasteiger partial charge < -0.3 is 10.0 Å². The van der Waals surface area contributed by atoms with Gasteiger partial charge in [-0.25, -0.2) is 0 Å². The Balaban J connectivity index is 4.77. The summed E-state index contributed by atoms with van der Waals surface area (Å²) in [6.07, 6.45) is 6.49. The van der Waals surface area contributed by atoms with Crippen molar-refractivity contribution in [3.63, 3.8) is 0 Å². The van der Waals surface area contributed by atoms with Crippen LogP contribution in [0.3, 0.4) is 0 Å². The smallest absolute Gasteiger partial charge is 0.323 e. The van der Waals surface area contributed by atoms with Crippen LogP contribution in [0.2, 0.25) is 0 Å². The fourth-order valence-corrected chi connectivity index (χ4v) is 1.12. The summed E-state index contributed by atoms with van der Waals surface area (Å²) in [4.78, 5) is 23.7. The van der Waals surface area contributed by atoms with Gasteiger partial charge in [0, 0.05) is 11.6 Å². The Morgan fingerprint density at radius 2 is 1.81 bits per heavy atom. The lowest BCUT2D eigenvalue weighted by atomic mass is 10.1. The van der Waals surface area contributed by atoms with Crippen molar-refractivity contribution in [2.45, 2.75) is 33.2 Å². The molecule has 16 heavy (non-hydrogen) atoms. The summed E-state index contributed by atoms with van der Waals surface area (Å²) < 4.78 is 0. The summed E-state index contributed by atoms with van der Waals surface area (Å²) in [6, 6.07) is 0. The van der Waals surface area contributed by atoms with E-state index in [-0.39, 0.29) is 12.5 Å². The third-order valence-electron chi connectivity index (χ3n) is 1.91. The number of hydrogen-bond acceptors (Lipinski definition) is 2. The Morgan fingerprint density at radius 1 is 1.25 bits per heavy atom. The summed E-state index contributed by atoms with van der Waals surface area (Å²) in [7, 11) is 0. The molecule has 0 radical (unpaired) electrons. The third-order valence-corrected chi connectivity index (χ3v) is 1.91. The molecule has 0 bridgehead atoms. The molecule has 0 atom stereocenters. The number of amides is 1. The number of carboxylic acids is 1. The van der Waals surface area contributed by atoms with Crippen molar-refractivity contribution < 1.29 is 14.7 Å². The van der Waals surface area contributed by atoms with E-state index in [4.69, 9.17) is 5.11 Å². The van der Waals surface area contributed by atoms with Crippen molar-refractivity contribution in [1.29, 1.82) is 0 Å². The maximum absolute atomic E-state index is 11.7. The highest BCUT2D eigenvalue weighted by Crippen LogP contribution is 2.13. The fourth-order valence-electron chi connectivity index (χ4n) is 1.12. The molecule has 1 N–H and O–H groups in total. The average Bonchev–Trinajstić information content (AvgIpc) is 2.12. The summed E-state index contributed by atoms with van der Waals surface area (Å²) in [5.74, 6) is -1.31. The van der Waals surface area contributed by atoms with Crippen molar-refractivity contribution in [2.24, 2.45) is 0 Å². The summed E-state index contributed by atoms with van der Waals surface area (Å²) >= 11 is 0. The Morgan fingerprint density at radius 3 is 2.19 bits per heavy atom. The zero-order valence-electron chi connectivity index (χ0n) is 10.2. The number of allylic oxidation sites excluding steroid dienone is 3. The standard InChI is InChI=1S/C12H19NO3/c1-5-6-7-8-10(14)13(9-11(15)16)12(2,3)4/h5-8H,9H2,1-4H3,(H,15,16). The van der Waals surface area contributed by atoms with E-state index in [1.807, 2.05) is 6.92 Å². The van der Waals surface area contributed by atoms with E-state index < -0.39 is 11.5 Å². The first-order valence-electron chi connectivity index (χ1n) is 5.11. The van der Waals surface area contributed by atoms with Gasteiger partial charge in [0.05, 0.1) is 0 Å². The molecular formula is C12H19NO3. The second-order valence-electron chi connectivity index (χ2n) is 4.37. The van der Waals surface area contributed by atoms with E-state index in [0.29, 0.717) is 0 Å². The zero-order chi connectivity index (χ0) is 12.8. The first-order valence-corrected chi connectivity index (χ1v) is 5.11. The van der Waals surface area contributed by atoms with Crippen LogP contribution in [0.25, 0.3) is 0 Å². The second kappa shape index (κ2) is 6.10. The van der Waals surface area contributed by atoms with Gasteiger partial charge in [0.2, 0.25) is 5.91 Å². The van der Waals surface area contributed by atoms with Gasteiger partial charge in [-0.3, -0.25) is 9.59 Å². The van der Waals surface area contributed by atoms with Gasteiger partial charge in [-0.05, 0) is 27.7 Å². The maximum Gasteiger partial charge on any atom is 0.323 e. The summed E-state index contributed by atoms with van der Waals surface area (Å²) in [5, 5.41) is 8.74. The number of carbonyl (C=O) groups is 2. The van der Waals surface area contributed by atoms with Gasteiger partial charge in [0.25, 0.3) is 0 Å². The normalized spacial score (nSPS) is 12.2. The molecule has 0 unspecified atom stereocenters. The molecule has 0 aromatic carbocycles. The lowest BCUT2D eigenvalue weighted by Crippen LogP contribution is -2.47. The Hall–Kier alpha value is -1.58. The largest absolute Gasteiger partial charge is 0.480 e. The quantitative estimate of drug-likeness (QED) is 0.586. The molecule has 0 aliphatic heterocycles. The Kier molecular flexibility index (Phi) is 5.50. The molecule has 4 heteroatoms.